The number of ether oxygens (including phenoxy) is 5. The third-order valence-electron chi connectivity index (χ3n) is 3.43. The van der Waals surface area contributed by atoms with Gasteiger partial charge in [0, 0.05) is 13.2 Å². The van der Waals surface area contributed by atoms with E-state index in [0.717, 1.165) is 0 Å². The molecule has 2 rings (SSSR count). The van der Waals surface area contributed by atoms with Crippen LogP contribution in [0.1, 0.15) is 27.2 Å². The average molecular weight is 289 g/mol. The van der Waals surface area contributed by atoms with Gasteiger partial charge in [0.2, 0.25) is 0 Å². The summed E-state index contributed by atoms with van der Waals surface area (Å²) in [5, 5.41) is 0. The van der Waals surface area contributed by atoms with Crippen LogP contribution < -0.4 is 5.73 Å². The van der Waals surface area contributed by atoms with Crippen molar-refractivity contribution in [3.05, 3.63) is 0 Å². The molecule has 20 heavy (non-hydrogen) atoms. The van der Waals surface area contributed by atoms with Crippen LogP contribution in [0.15, 0.2) is 0 Å². The van der Waals surface area contributed by atoms with Crippen LogP contribution in [-0.4, -0.2) is 56.1 Å². The van der Waals surface area contributed by atoms with Gasteiger partial charge in [-0.15, -0.1) is 0 Å². The van der Waals surface area contributed by atoms with Gasteiger partial charge in [0.1, 0.15) is 18.3 Å². The van der Waals surface area contributed by atoms with E-state index in [4.69, 9.17) is 29.4 Å². The Balaban J connectivity index is 1.98. The van der Waals surface area contributed by atoms with Gasteiger partial charge in [-0.3, -0.25) is 4.79 Å². The minimum atomic E-state index is -0.706. The fraction of sp³-hybridized carbons (Fsp3) is 0.923. The molecule has 2 aliphatic rings. The Bertz CT molecular complexity index is 361. The van der Waals surface area contributed by atoms with E-state index in [1.165, 1.54) is 0 Å². The summed E-state index contributed by atoms with van der Waals surface area (Å²) < 4.78 is 27.5. The lowest BCUT2D eigenvalue weighted by molar-refractivity contribution is -0.219. The van der Waals surface area contributed by atoms with Crippen LogP contribution >= 0.6 is 0 Å². The molecule has 0 aromatic rings. The van der Waals surface area contributed by atoms with Crippen LogP contribution in [0.25, 0.3) is 0 Å². The molecule has 2 N–H and O–H groups in total. The average Bonchev–Trinajstić information content (AvgIpc) is 2.80. The highest BCUT2D eigenvalue weighted by Gasteiger charge is 2.56. The summed E-state index contributed by atoms with van der Waals surface area (Å²) in [5.41, 5.74) is 6.03. The molecule has 0 aromatic heterocycles. The molecule has 7 heteroatoms. The Hall–Kier alpha value is -0.730. The second-order valence-electron chi connectivity index (χ2n) is 5.44. The topological polar surface area (TPSA) is 89.2 Å². The molecule has 0 saturated carbocycles. The van der Waals surface area contributed by atoms with Crippen molar-refractivity contribution in [3.8, 4) is 0 Å². The van der Waals surface area contributed by atoms with Gasteiger partial charge in [0.15, 0.2) is 12.1 Å². The van der Waals surface area contributed by atoms with Crippen LogP contribution in [0.5, 0.6) is 0 Å². The van der Waals surface area contributed by atoms with E-state index in [1.807, 2.05) is 13.8 Å². The third kappa shape index (κ3) is 3.12. The molecule has 0 aliphatic carbocycles. The van der Waals surface area contributed by atoms with Gasteiger partial charge in [-0.05, 0) is 20.8 Å². The fourth-order valence-electron chi connectivity index (χ4n) is 2.65. The summed E-state index contributed by atoms with van der Waals surface area (Å²) in [5.74, 6) is -1.06. The second kappa shape index (κ2) is 5.95. The first-order valence-electron chi connectivity index (χ1n) is 6.83. The van der Waals surface area contributed by atoms with Crippen molar-refractivity contribution >= 4 is 5.97 Å². The van der Waals surface area contributed by atoms with Gasteiger partial charge in [0.25, 0.3) is 0 Å². The maximum Gasteiger partial charge on any atom is 0.307 e. The van der Waals surface area contributed by atoms with E-state index in [0.29, 0.717) is 6.61 Å². The van der Waals surface area contributed by atoms with Crippen LogP contribution in [0.3, 0.4) is 0 Å². The molecule has 0 amide bonds. The zero-order valence-electron chi connectivity index (χ0n) is 12.3. The number of esters is 1. The molecule has 2 saturated heterocycles. The van der Waals surface area contributed by atoms with E-state index in [1.54, 1.807) is 14.0 Å². The quantitative estimate of drug-likeness (QED) is 0.721. The summed E-state index contributed by atoms with van der Waals surface area (Å²) >= 11 is 0. The van der Waals surface area contributed by atoms with Gasteiger partial charge in [-0.1, -0.05) is 0 Å². The van der Waals surface area contributed by atoms with Crippen molar-refractivity contribution < 1.29 is 28.5 Å². The van der Waals surface area contributed by atoms with Crippen molar-refractivity contribution in [2.75, 3.05) is 13.7 Å². The number of fused-ring (bicyclic) bond motifs is 1. The maximum atomic E-state index is 11.5. The number of carbonyl (C=O) groups excluding carboxylic acids is 1. The predicted molar refractivity (Wildman–Crippen MR) is 68.7 cm³/mol. The Morgan fingerprint density at radius 2 is 2.10 bits per heavy atom. The van der Waals surface area contributed by atoms with E-state index < -0.39 is 24.2 Å². The zero-order valence-corrected chi connectivity index (χ0v) is 12.3. The third-order valence-corrected chi connectivity index (χ3v) is 3.43. The number of carbonyl (C=O) groups is 1. The molecule has 2 heterocycles. The smallest absolute Gasteiger partial charge is 0.307 e. The van der Waals surface area contributed by atoms with E-state index in [2.05, 4.69) is 0 Å². The number of rotatable bonds is 5. The monoisotopic (exact) mass is 289 g/mol. The molecular formula is C13H23NO6. The number of methoxy groups -OCH3 is 1. The standard InChI is InChI=1S/C13H23NO6/c1-5-17-8(15)6-7(14)9-10(16-4)11-12(18-9)20-13(2,3)19-11/h7,9-12H,5-6,14H2,1-4H3/t7-,9+,10-,11+,12+/m0/s1. The molecule has 0 spiro atoms. The number of hydrogen-bond donors (Lipinski definition) is 1. The Kier molecular flexibility index (Phi) is 4.66. The van der Waals surface area contributed by atoms with Crippen LogP contribution in [0.4, 0.5) is 0 Å². The second-order valence-corrected chi connectivity index (χ2v) is 5.44. The van der Waals surface area contributed by atoms with Gasteiger partial charge in [-0.25, -0.2) is 0 Å². The molecule has 0 aromatic carbocycles. The minimum Gasteiger partial charge on any atom is -0.466 e. The van der Waals surface area contributed by atoms with Crippen molar-refractivity contribution in [3.63, 3.8) is 0 Å². The molecule has 2 aliphatic heterocycles. The SMILES string of the molecule is CCOC(=O)C[C@H](N)[C@H]1O[C@@H]2OC(C)(C)O[C@@H]2[C@H]1OC. The summed E-state index contributed by atoms with van der Waals surface area (Å²) in [6.45, 7) is 5.71. The van der Waals surface area contributed by atoms with Gasteiger partial charge >= 0.3 is 5.97 Å². The minimum absolute atomic E-state index is 0.0706. The van der Waals surface area contributed by atoms with Gasteiger partial charge < -0.3 is 29.4 Å². The lowest BCUT2D eigenvalue weighted by Gasteiger charge is -2.27. The normalized spacial score (nSPS) is 36.6. The number of hydrogen-bond acceptors (Lipinski definition) is 7. The highest BCUT2D eigenvalue weighted by atomic mass is 16.8. The van der Waals surface area contributed by atoms with Gasteiger partial charge in [-0.2, -0.15) is 0 Å². The summed E-state index contributed by atoms with van der Waals surface area (Å²) in [4.78, 5) is 11.5. The molecular weight excluding hydrogens is 266 g/mol. The largest absolute Gasteiger partial charge is 0.466 e. The molecule has 0 unspecified atom stereocenters. The lowest BCUT2D eigenvalue weighted by Crippen LogP contribution is -2.47. The highest BCUT2D eigenvalue weighted by molar-refractivity contribution is 5.70. The predicted octanol–water partition coefficient (Wildman–Crippen LogP) is 0.158. The maximum absolute atomic E-state index is 11.5. The van der Waals surface area contributed by atoms with Crippen LogP contribution in [0.2, 0.25) is 0 Å². The highest BCUT2D eigenvalue weighted by Crippen LogP contribution is 2.39. The summed E-state index contributed by atoms with van der Waals surface area (Å²) in [6, 6.07) is -0.528. The van der Waals surface area contributed by atoms with Crippen molar-refractivity contribution in [2.45, 2.75) is 63.6 Å². The molecule has 5 atom stereocenters. The molecule has 116 valence electrons. The lowest BCUT2D eigenvalue weighted by atomic mass is 10.0. The van der Waals surface area contributed by atoms with Crippen molar-refractivity contribution in [1.29, 1.82) is 0 Å². The van der Waals surface area contributed by atoms with E-state index in [9.17, 15) is 4.79 Å². The molecule has 2 fully saturated rings. The first-order valence-corrected chi connectivity index (χ1v) is 6.83. The Morgan fingerprint density at radius 3 is 2.70 bits per heavy atom. The number of nitrogens with two attached hydrogens (primary N) is 1. The molecule has 7 nitrogen and oxygen atoms in total. The zero-order chi connectivity index (χ0) is 14.9. The van der Waals surface area contributed by atoms with E-state index >= 15 is 0 Å². The van der Waals surface area contributed by atoms with E-state index in [-0.39, 0.29) is 24.6 Å². The van der Waals surface area contributed by atoms with Gasteiger partial charge in [0.05, 0.1) is 13.0 Å². The Labute approximate surface area is 118 Å². The van der Waals surface area contributed by atoms with Crippen molar-refractivity contribution in [2.24, 2.45) is 5.73 Å². The van der Waals surface area contributed by atoms with Crippen LogP contribution in [0, 0.1) is 0 Å². The summed E-state index contributed by atoms with van der Waals surface area (Å²) in [6.07, 6.45) is -1.62. The fourth-order valence-corrected chi connectivity index (χ4v) is 2.65. The van der Waals surface area contributed by atoms with Crippen molar-refractivity contribution in [1.82, 2.24) is 0 Å². The first-order chi connectivity index (χ1) is 9.38. The van der Waals surface area contributed by atoms with Crippen LogP contribution in [-0.2, 0) is 28.5 Å². The summed E-state index contributed by atoms with van der Waals surface area (Å²) in [7, 11) is 1.56. The first kappa shape index (κ1) is 15.7. The molecule has 0 radical (unpaired) electrons. The Morgan fingerprint density at radius 1 is 1.40 bits per heavy atom. The molecule has 0 bridgehead atoms.